The number of carboxylic acid groups (broad SMARTS) is 2. The van der Waals surface area contributed by atoms with Gasteiger partial charge in [-0.1, -0.05) is 36.4 Å². The molecule has 0 bridgehead atoms. The molecule has 0 radical (unpaired) electrons. The topological polar surface area (TPSA) is 74.6 Å². The maximum atomic E-state index is 11.4. The third kappa shape index (κ3) is 2.96. The molecular weight excluding hydrogens is 256 g/mol. The third-order valence-electron chi connectivity index (χ3n) is 3.44. The van der Waals surface area contributed by atoms with E-state index in [1.807, 2.05) is 30.3 Å². The van der Waals surface area contributed by atoms with Crippen LogP contribution >= 0.6 is 0 Å². The van der Waals surface area contributed by atoms with Gasteiger partial charge >= 0.3 is 11.9 Å². The molecule has 1 aromatic carbocycles. The van der Waals surface area contributed by atoms with Gasteiger partial charge in [-0.25, -0.2) is 4.79 Å². The molecule has 4 nitrogen and oxygen atoms in total. The highest BCUT2D eigenvalue weighted by molar-refractivity contribution is 5.90. The Balaban J connectivity index is 2.35. The predicted octanol–water partition coefficient (Wildman–Crippen LogP) is 2.66. The van der Waals surface area contributed by atoms with E-state index in [1.54, 1.807) is 19.1 Å². The molecule has 4 heteroatoms. The van der Waals surface area contributed by atoms with Crippen molar-refractivity contribution < 1.29 is 19.8 Å². The summed E-state index contributed by atoms with van der Waals surface area (Å²) in [5, 5.41) is 18.5. The molecule has 1 atom stereocenters. The van der Waals surface area contributed by atoms with E-state index < -0.39 is 17.4 Å². The number of rotatable bonds is 4. The molecule has 1 unspecified atom stereocenters. The zero-order valence-corrected chi connectivity index (χ0v) is 11.2. The smallest absolute Gasteiger partial charge is 0.331 e. The Bertz CT molecular complexity index is 598. The molecule has 0 amide bonds. The standard InChI is InChI=1S/C16H16O4/c1-16(15(19)20)9-12(8-13(10-16)14(17)18)7-11-5-3-2-4-6-11/h2-6,8-9H,7,10H2,1H3,(H,17,18)(H,19,20). The van der Waals surface area contributed by atoms with E-state index in [2.05, 4.69) is 0 Å². The number of carboxylic acids is 2. The van der Waals surface area contributed by atoms with Gasteiger partial charge in [0, 0.05) is 5.57 Å². The first-order chi connectivity index (χ1) is 9.40. The van der Waals surface area contributed by atoms with Crippen molar-refractivity contribution in [1.82, 2.24) is 0 Å². The van der Waals surface area contributed by atoms with Crippen molar-refractivity contribution in [1.29, 1.82) is 0 Å². The lowest BCUT2D eigenvalue weighted by Crippen LogP contribution is -2.30. The molecule has 0 spiro atoms. The highest BCUT2D eigenvalue weighted by Gasteiger charge is 2.36. The predicted molar refractivity (Wildman–Crippen MR) is 74.3 cm³/mol. The first-order valence-corrected chi connectivity index (χ1v) is 6.34. The summed E-state index contributed by atoms with van der Waals surface area (Å²) in [4.78, 5) is 22.6. The van der Waals surface area contributed by atoms with Crippen LogP contribution in [0.2, 0.25) is 0 Å². The van der Waals surface area contributed by atoms with Gasteiger partial charge in [-0.15, -0.1) is 0 Å². The van der Waals surface area contributed by atoms with Crippen molar-refractivity contribution in [2.45, 2.75) is 19.8 Å². The second-order valence-corrected chi connectivity index (χ2v) is 5.26. The molecule has 0 saturated heterocycles. The van der Waals surface area contributed by atoms with Gasteiger partial charge in [0.05, 0.1) is 5.41 Å². The van der Waals surface area contributed by atoms with Gasteiger partial charge in [-0.05, 0) is 37.0 Å². The fourth-order valence-corrected chi connectivity index (χ4v) is 2.38. The van der Waals surface area contributed by atoms with Crippen molar-refractivity contribution >= 4 is 11.9 Å². The third-order valence-corrected chi connectivity index (χ3v) is 3.44. The largest absolute Gasteiger partial charge is 0.481 e. The summed E-state index contributed by atoms with van der Waals surface area (Å²) in [5.74, 6) is -2.06. The van der Waals surface area contributed by atoms with Crippen LogP contribution in [0.5, 0.6) is 0 Å². The van der Waals surface area contributed by atoms with Gasteiger partial charge in [-0.3, -0.25) is 4.79 Å². The lowest BCUT2D eigenvalue weighted by molar-refractivity contribution is -0.145. The number of benzene rings is 1. The number of hydrogen-bond donors (Lipinski definition) is 2. The Morgan fingerprint density at radius 3 is 2.40 bits per heavy atom. The fourth-order valence-electron chi connectivity index (χ4n) is 2.38. The van der Waals surface area contributed by atoms with Crippen molar-refractivity contribution in [2.75, 3.05) is 0 Å². The van der Waals surface area contributed by atoms with Gasteiger partial charge in [-0.2, -0.15) is 0 Å². The van der Waals surface area contributed by atoms with Gasteiger partial charge < -0.3 is 10.2 Å². The average molecular weight is 272 g/mol. The minimum Gasteiger partial charge on any atom is -0.481 e. The number of aliphatic carboxylic acids is 2. The van der Waals surface area contributed by atoms with Crippen LogP contribution in [0.3, 0.4) is 0 Å². The molecule has 2 N–H and O–H groups in total. The molecule has 0 saturated carbocycles. The van der Waals surface area contributed by atoms with Crippen molar-refractivity contribution in [2.24, 2.45) is 5.41 Å². The average Bonchev–Trinajstić information content (AvgIpc) is 2.39. The maximum Gasteiger partial charge on any atom is 0.331 e. The summed E-state index contributed by atoms with van der Waals surface area (Å²) in [6, 6.07) is 9.57. The lowest BCUT2D eigenvalue weighted by Gasteiger charge is -2.26. The molecule has 0 aliphatic heterocycles. The van der Waals surface area contributed by atoms with E-state index in [-0.39, 0.29) is 12.0 Å². The van der Waals surface area contributed by atoms with Crippen LogP contribution in [-0.2, 0) is 16.0 Å². The monoisotopic (exact) mass is 272 g/mol. The van der Waals surface area contributed by atoms with Crippen LogP contribution in [0.15, 0.2) is 53.6 Å². The first-order valence-electron chi connectivity index (χ1n) is 6.34. The minimum atomic E-state index is -1.16. The Morgan fingerprint density at radius 1 is 1.20 bits per heavy atom. The van der Waals surface area contributed by atoms with Crippen molar-refractivity contribution in [3.05, 3.63) is 59.2 Å². The molecule has 2 rings (SSSR count). The number of allylic oxidation sites excluding steroid dienone is 2. The van der Waals surface area contributed by atoms with E-state index in [0.717, 1.165) is 11.1 Å². The summed E-state index contributed by atoms with van der Waals surface area (Å²) in [5.41, 5.74) is 0.731. The van der Waals surface area contributed by atoms with E-state index >= 15 is 0 Å². The summed E-state index contributed by atoms with van der Waals surface area (Å²) in [6.07, 6.45) is 3.78. The Hall–Kier alpha value is -2.36. The van der Waals surface area contributed by atoms with E-state index in [4.69, 9.17) is 5.11 Å². The second-order valence-electron chi connectivity index (χ2n) is 5.26. The minimum absolute atomic E-state index is 0.00988. The number of hydrogen-bond acceptors (Lipinski definition) is 2. The summed E-state index contributed by atoms with van der Waals surface area (Å²) in [7, 11) is 0. The molecular formula is C16H16O4. The van der Waals surface area contributed by atoms with Crippen LogP contribution in [0, 0.1) is 5.41 Å². The van der Waals surface area contributed by atoms with Gasteiger partial charge in [0.25, 0.3) is 0 Å². The summed E-state index contributed by atoms with van der Waals surface area (Å²) >= 11 is 0. The summed E-state index contributed by atoms with van der Waals surface area (Å²) in [6.45, 7) is 1.55. The van der Waals surface area contributed by atoms with Gasteiger partial charge in [0.1, 0.15) is 0 Å². The zero-order valence-electron chi connectivity index (χ0n) is 11.2. The quantitative estimate of drug-likeness (QED) is 0.883. The second kappa shape index (κ2) is 5.33. The molecule has 104 valence electrons. The maximum absolute atomic E-state index is 11.4. The molecule has 1 aromatic rings. The first kappa shape index (κ1) is 14.1. The van der Waals surface area contributed by atoms with Crippen molar-refractivity contribution in [3.63, 3.8) is 0 Å². The van der Waals surface area contributed by atoms with E-state index in [9.17, 15) is 14.7 Å². The van der Waals surface area contributed by atoms with Crippen molar-refractivity contribution in [3.8, 4) is 0 Å². The molecule has 0 heterocycles. The normalized spacial score (nSPS) is 21.9. The molecule has 1 aliphatic rings. The van der Waals surface area contributed by atoms with Crippen LogP contribution in [0.1, 0.15) is 18.9 Å². The SMILES string of the molecule is CC1(C(=O)O)C=C(Cc2ccccc2)C=C(C(=O)O)C1. The Labute approximate surface area is 117 Å². The zero-order chi connectivity index (χ0) is 14.8. The Morgan fingerprint density at radius 2 is 1.85 bits per heavy atom. The van der Waals surface area contributed by atoms with E-state index in [0.29, 0.717) is 6.42 Å². The Kier molecular flexibility index (Phi) is 3.74. The van der Waals surface area contributed by atoms with Crippen LogP contribution in [-0.4, -0.2) is 22.2 Å². The molecule has 20 heavy (non-hydrogen) atoms. The highest BCUT2D eigenvalue weighted by Crippen LogP contribution is 2.35. The van der Waals surface area contributed by atoms with Crippen LogP contribution in [0.4, 0.5) is 0 Å². The lowest BCUT2D eigenvalue weighted by atomic mass is 9.77. The number of carbonyl (C=O) groups is 2. The molecule has 0 aromatic heterocycles. The molecule has 1 aliphatic carbocycles. The van der Waals surface area contributed by atoms with Crippen LogP contribution < -0.4 is 0 Å². The van der Waals surface area contributed by atoms with Crippen LogP contribution in [0.25, 0.3) is 0 Å². The summed E-state index contributed by atoms with van der Waals surface area (Å²) < 4.78 is 0. The molecule has 0 fully saturated rings. The highest BCUT2D eigenvalue weighted by atomic mass is 16.4. The van der Waals surface area contributed by atoms with Gasteiger partial charge in [0.15, 0.2) is 0 Å². The van der Waals surface area contributed by atoms with Gasteiger partial charge in [0.2, 0.25) is 0 Å². The van der Waals surface area contributed by atoms with E-state index in [1.165, 1.54) is 0 Å². The fraction of sp³-hybridized carbons (Fsp3) is 0.250.